The minimum Gasteiger partial charge on any atom is -0.0874 e. The van der Waals surface area contributed by atoms with Gasteiger partial charge in [-0.2, -0.15) is 0 Å². The third-order valence-electron chi connectivity index (χ3n) is 6.18. The molecule has 0 radical (unpaired) electrons. The standard InChI is InChI=1S/C22H36/c1-5-6-17(2)7-10-19(4)20-13-15-22(16-14-20)21-11-8-18(3)9-12-21/h5-7,10,18,20-22H,8-9,11-16H2,1-4H3/b6-5?,17-7-,19-10+. The van der Waals surface area contributed by atoms with Crippen LogP contribution in [0.25, 0.3) is 0 Å². The maximum atomic E-state index is 2.44. The van der Waals surface area contributed by atoms with Crippen LogP contribution in [0.5, 0.6) is 0 Å². The molecule has 0 spiro atoms. The SMILES string of the molecule is CC=C/C(C)=C\C=C(/C)C1CCC(C2CCC(C)CC2)CC1. The van der Waals surface area contributed by atoms with E-state index in [0.29, 0.717) is 0 Å². The molecular weight excluding hydrogens is 264 g/mol. The van der Waals surface area contributed by atoms with Crippen molar-refractivity contribution in [3.05, 3.63) is 35.5 Å². The van der Waals surface area contributed by atoms with E-state index in [-0.39, 0.29) is 0 Å². The molecule has 2 fully saturated rings. The molecule has 2 aliphatic rings. The van der Waals surface area contributed by atoms with E-state index in [4.69, 9.17) is 0 Å². The van der Waals surface area contributed by atoms with Crippen molar-refractivity contribution in [3.8, 4) is 0 Å². The third kappa shape index (κ3) is 5.14. The van der Waals surface area contributed by atoms with Crippen LogP contribution in [0.2, 0.25) is 0 Å². The van der Waals surface area contributed by atoms with Crippen LogP contribution in [0.1, 0.15) is 79.1 Å². The summed E-state index contributed by atoms with van der Waals surface area (Å²) in [5.74, 6) is 3.92. The van der Waals surface area contributed by atoms with Gasteiger partial charge in [-0.1, -0.05) is 55.2 Å². The lowest BCUT2D eigenvalue weighted by atomic mass is 9.68. The quantitative estimate of drug-likeness (QED) is 0.486. The Labute approximate surface area is 138 Å². The maximum Gasteiger partial charge on any atom is -0.0203 e. The Morgan fingerprint density at radius 3 is 1.86 bits per heavy atom. The molecule has 2 aliphatic carbocycles. The highest BCUT2D eigenvalue weighted by molar-refractivity contribution is 5.24. The first-order chi connectivity index (χ1) is 10.6. The van der Waals surface area contributed by atoms with Gasteiger partial charge in [-0.3, -0.25) is 0 Å². The number of hydrogen-bond donors (Lipinski definition) is 0. The summed E-state index contributed by atoms with van der Waals surface area (Å²) in [5, 5.41) is 0. The van der Waals surface area contributed by atoms with Crippen LogP contribution in [0.4, 0.5) is 0 Å². The van der Waals surface area contributed by atoms with Gasteiger partial charge in [0, 0.05) is 0 Å². The summed E-state index contributed by atoms with van der Waals surface area (Å²) < 4.78 is 0. The fourth-order valence-corrected chi connectivity index (χ4v) is 4.52. The Kier molecular flexibility index (Phi) is 6.99. The predicted octanol–water partition coefficient (Wildman–Crippen LogP) is 7.09. The van der Waals surface area contributed by atoms with E-state index in [1.54, 1.807) is 5.57 Å². The zero-order valence-corrected chi connectivity index (χ0v) is 15.3. The van der Waals surface area contributed by atoms with Crippen LogP contribution in [-0.2, 0) is 0 Å². The minimum atomic E-state index is 0.841. The summed E-state index contributed by atoms with van der Waals surface area (Å²) in [6.07, 6.45) is 20.7. The van der Waals surface area contributed by atoms with E-state index in [0.717, 1.165) is 23.7 Å². The second-order valence-corrected chi connectivity index (χ2v) is 7.95. The lowest BCUT2D eigenvalue weighted by molar-refractivity contribution is 0.158. The van der Waals surface area contributed by atoms with E-state index in [1.807, 2.05) is 0 Å². The summed E-state index contributed by atoms with van der Waals surface area (Å²) in [6, 6.07) is 0. The van der Waals surface area contributed by atoms with Crippen LogP contribution in [0.15, 0.2) is 35.5 Å². The molecule has 0 amide bonds. The molecule has 0 saturated heterocycles. The zero-order chi connectivity index (χ0) is 15.9. The molecule has 2 saturated carbocycles. The molecule has 0 bridgehead atoms. The summed E-state index contributed by atoms with van der Waals surface area (Å²) in [6.45, 7) is 9.04. The van der Waals surface area contributed by atoms with Crippen molar-refractivity contribution in [2.24, 2.45) is 23.7 Å². The Morgan fingerprint density at radius 2 is 1.32 bits per heavy atom. The van der Waals surface area contributed by atoms with E-state index in [9.17, 15) is 0 Å². The van der Waals surface area contributed by atoms with Gasteiger partial charge in [-0.05, 0) is 83.0 Å². The Hall–Kier alpha value is -0.780. The van der Waals surface area contributed by atoms with Crippen molar-refractivity contribution in [2.75, 3.05) is 0 Å². The van der Waals surface area contributed by atoms with Crippen molar-refractivity contribution in [1.82, 2.24) is 0 Å². The van der Waals surface area contributed by atoms with E-state index < -0.39 is 0 Å². The van der Waals surface area contributed by atoms with Crippen LogP contribution >= 0.6 is 0 Å². The second-order valence-electron chi connectivity index (χ2n) is 7.95. The third-order valence-corrected chi connectivity index (χ3v) is 6.18. The predicted molar refractivity (Wildman–Crippen MR) is 98.9 cm³/mol. The van der Waals surface area contributed by atoms with Gasteiger partial charge in [-0.15, -0.1) is 0 Å². The molecule has 0 aromatic heterocycles. The molecule has 2 rings (SSSR count). The monoisotopic (exact) mass is 300 g/mol. The van der Waals surface area contributed by atoms with Crippen LogP contribution in [0.3, 0.4) is 0 Å². The summed E-state index contributed by atoms with van der Waals surface area (Å²) in [7, 11) is 0. The number of allylic oxidation sites excluding steroid dienone is 6. The molecule has 0 aliphatic heterocycles. The van der Waals surface area contributed by atoms with Crippen molar-refractivity contribution in [2.45, 2.75) is 79.1 Å². The molecule has 22 heavy (non-hydrogen) atoms. The van der Waals surface area contributed by atoms with Crippen molar-refractivity contribution >= 4 is 0 Å². The summed E-state index contributed by atoms with van der Waals surface area (Å²) in [5.41, 5.74) is 2.95. The Balaban J connectivity index is 1.81. The largest absolute Gasteiger partial charge is 0.0874 e. The lowest BCUT2D eigenvalue weighted by Crippen LogP contribution is -2.25. The van der Waals surface area contributed by atoms with Crippen LogP contribution < -0.4 is 0 Å². The highest BCUT2D eigenvalue weighted by atomic mass is 14.4. The average Bonchev–Trinajstić information content (AvgIpc) is 2.54. The van der Waals surface area contributed by atoms with Gasteiger partial charge in [0.25, 0.3) is 0 Å². The average molecular weight is 301 g/mol. The van der Waals surface area contributed by atoms with Crippen molar-refractivity contribution in [3.63, 3.8) is 0 Å². The fourth-order valence-electron chi connectivity index (χ4n) is 4.52. The second kappa shape index (κ2) is 8.75. The normalized spacial score (nSPS) is 35.1. The molecule has 124 valence electrons. The lowest BCUT2D eigenvalue weighted by Gasteiger charge is -2.37. The van der Waals surface area contributed by atoms with Gasteiger partial charge >= 0.3 is 0 Å². The van der Waals surface area contributed by atoms with Gasteiger partial charge in [0.2, 0.25) is 0 Å². The summed E-state index contributed by atoms with van der Waals surface area (Å²) >= 11 is 0. The Bertz CT molecular complexity index is 407. The van der Waals surface area contributed by atoms with Crippen LogP contribution in [-0.4, -0.2) is 0 Å². The van der Waals surface area contributed by atoms with E-state index in [1.165, 1.54) is 56.9 Å². The van der Waals surface area contributed by atoms with Gasteiger partial charge in [0.15, 0.2) is 0 Å². The zero-order valence-electron chi connectivity index (χ0n) is 15.3. The molecule has 0 heterocycles. The molecule has 0 heteroatoms. The van der Waals surface area contributed by atoms with E-state index in [2.05, 4.69) is 52.0 Å². The Morgan fingerprint density at radius 1 is 0.773 bits per heavy atom. The smallest absolute Gasteiger partial charge is 0.0203 e. The van der Waals surface area contributed by atoms with Gasteiger partial charge in [-0.25, -0.2) is 0 Å². The highest BCUT2D eigenvalue weighted by Crippen LogP contribution is 2.42. The summed E-state index contributed by atoms with van der Waals surface area (Å²) in [4.78, 5) is 0. The number of rotatable bonds is 4. The molecule has 0 aromatic rings. The minimum absolute atomic E-state index is 0.841. The maximum absolute atomic E-state index is 2.44. The van der Waals surface area contributed by atoms with Gasteiger partial charge in [0.1, 0.15) is 0 Å². The van der Waals surface area contributed by atoms with E-state index >= 15 is 0 Å². The topological polar surface area (TPSA) is 0 Å². The molecule has 0 aromatic carbocycles. The fraction of sp³-hybridized carbons (Fsp3) is 0.727. The van der Waals surface area contributed by atoms with Crippen molar-refractivity contribution in [1.29, 1.82) is 0 Å². The molecular formula is C22H36. The molecule has 0 nitrogen and oxygen atoms in total. The molecule has 0 atom stereocenters. The van der Waals surface area contributed by atoms with Gasteiger partial charge in [0.05, 0.1) is 0 Å². The first-order valence-electron chi connectivity index (χ1n) is 9.58. The molecule has 0 unspecified atom stereocenters. The van der Waals surface area contributed by atoms with Crippen molar-refractivity contribution < 1.29 is 0 Å². The number of hydrogen-bond acceptors (Lipinski definition) is 0. The van der Waals surface area contributed by atoms with Gasteiger partial charge < -0.3 is 0 Å². The first kappa shape index (κ1) is 17.6. The highest BCUT2D eigenvalue weighted by Gasteiger charge is 2.30. The first-order valence-corrected chi connectivity index (χ1v) is 9.58. The van der Waals surface area contributed by atoms with Crippen LogP contribution in [0, 0.1) is 23.7 Å². The molecule has 0 N–H and O–H groups in total.